The largest absolute Gasteiger partial charge is 0.370 e. The summed E-state index contributed by atoms with van der Waals surface area (Å²) in [6.45, 7) is 7.85. The maximum absolute atomic E-state index is 2.65. The highest BCUT2D eigenvalue weighted by molar-refractivity contribution is 5.96. The van der Waals surface area contributed by atoms with Gasteiger partial charge in [-0.15, -0.1) is 0 Å². The fourth-order valence-electron chi connectivity index (χ4n) is 5.53. The van der Waals surface area contributed by atoms with Crippen LogP contribution in [-0.2, 0) is 6.54 Å². The van der Waals surface area contributed by atoms with Gasteiger partial charge in [0.25, 0.3) is 0 Å². The van der Waals surface area contributed by atoms with Crippen LogP contribution in [0.5, 0.6) is 0 Å². The van der Waals surface area contributed by atoms with Crippen LogP contribution in [0, 0.1) is 13.8 Å². The van der Waals surface area contributed by atoms with E-state index >= 15 is 0 Å². The van der Waals surface area contributed by atoms with Crippen molar-refractivity contribution in [3.05, 3.63) is 53.1 Å². The number of fused-ring (bicyclic) bond motifs is 5. The van der Waals surface area contributed by atoms with Gasteiger partial charge >= 0.3 is 0 Å². The van der Waals surface area contributed by atoms with Gasteiger partial charge in [-0.1, -0.05) is 43.5 Å². The maximum atomic E-state index is 2.65. The third-order valence-electron chi connectivity index (χ3n) is 7.17. The second-order valence-electron chi connectivity index (χ2n) is 9.21. The van der Waals surface area contributed by atoms with Gasteiger partial charge in [-0.25, -0.2) is 0 Å². The Hall–Kier alpha value is -2.22. The molecule has 5 rings (SSSR count). The molecule has 3 aromatic rings. The number of aromatic nitrogens is 1. The SMILES string of the molecule is Cc1ccc2c(c1)N(C)C(C)Cn1c-2c(C2CCCCC2)c2ccc(C)cc21. The van der Waals surface area contributed by atoms with Crippen molar-refractivity contribution in [2.24, 2.45) is 0 Å². The lowest BCUT2D eigenvalue weighted by Gasteiger charge is -2.27. The van der Waals surface area contributed by atoms with E-state index in [4.69, 9.17) is 0 Å². The lowest BCUT2D eigenvalue weighted by molar-refractivity contribution is 0.445. The molecule has 2 nitrogen and oxygen atoms in total. The highest BCUT2D eigenvalue weighted by Gasteiger charge is 2.31. The van der Waals surface area contributed by atoms with Crippen molar-refractivity contribution in [2.75, 3.05) is 11.9 Å². The van der Waals surface area contributed by atoms with Crippen LogP contribution in [0.25, 0.3) is 22.2 Å². The third kappa shape index (κ3) is 2.69. The van der Waals surface area contributed by atoms with E-state index in [0.717, 1.165) is 6.54 Å². The quantitative estimate of drug-likeness (QED) is 0.455. The number of aryl methyl sites for hydroxylation is 2. The van der Waals surface area contributed by atoms with Gasteiger partial charge in [0.15, 0.2) is 0 Å². The molecule has 2 aromatic carbocycles. The molecule has 1 aromatic heterocycles. The average molecular weight is 373 g/mol. The minimum atomic E-state index is 0.470. The van der Waals surface area contributed by atoms with Crippen molar-refractivity contribution in [1.82, 2.24) is 4.57 Å². The van der Waals surface area contributed by atoms with Crippen LogP contribution >= 0.6 is 0 Å². The second-order valence-corrected chi connectivity index (χ2v) is 9.21. The monoisotopic (exact) mass is 372 g/mol. The van der Waals surface area contributed by atoms with Crippen molar-refractivity contribution in [3.8, 4) is 11.3 Å². The van der Waals surface area contributed by atoms with Gasteiger partial charge in [0.05, 0.1) is 5.69 Å². The highest BCUT2D eigenvalue weighted by atomic mass is 15.2. The van der Waals surface area contributed by atoms with Gasteiger partial charge in [0.2, 0.25) is 0 Å². The molecule has 28 heavy (non-hydrogen) atoms. The Morgan fingerprint density at radius 3 is 2.39 bits per heavy atom. The molecule has 2 heteroatoms. The molecular formula is C26H32N2. The first-order valence-electron chi connectivity index (χ1n) is 11.0. The smallest absolute Gasteiger partial charge is 0.0548 e. The molecule has 0 amide bonds. The fraction of sp³-hybridized carbons (Fsp3) is 0.462. The Kier molecular flexibility index (Phi) is 4.26. The van der Waals surface area contributed by atoms with Gasteiger partial charge in [0.1, 0.15) is 0 Å². The summed E-state index contributed by atoms with van der Waals surface area (Å²) in [6, 6.07) is 14.6. The molecule has 2 aliphatic rings. The summed E-state index contributed by atoms with van der Waals surface area (Å²) in [5.41, 5.74) is 10.1. The molecule has 1 fully saturated rings. The molecular weight excluding hydrogens is 340 g/mol. The van der Waals surface area contributed by atoms with E-state index in [1.807, 2.05) is 0 Å². The number of anilines is 1. The predicted molar refractivity (Wildman–Crippen MR) is 121 cm³/mol. The van der Waals surface area contributed by atoms with Crippen molar-refractivity contribution < 1.29 is 0 Å². The summed E-state index contributed by atoms with van der Waals surface area (Å²) in [4.78, 5) is 2.49. The zero-order valence-electron chi connectivity index (χ0n) is 17.8. The summed E-state index contributed by atoms with van der Waals surface area (Å²) in [5, 5.41) is 1.50. The zero-order chi connectivity index (χ0) is 19.4. The number of benzene rings is 2. The minimum absolute atomic E-state index is 0.470. The second kappa shape index (κ2) is 6.69. The number of likely N-dealkylation sites (N-methyl/N-ethyl adjacent to an activating group) is 1. The number of nitrogens with zero attached hydrogens (tertiary/aromatic N) is 2. The van der Waals surface area contributed by atoms with Gasteiger partial charge in [-0.05, 0) is 68.4 Å². The van der Waals surface area contributed by atoms with Crippen LogP contribution in [0.2, 0.25) is 0 Å². The summed E-state index contributed by atoms with van der Waals surface area (Å²) in [7, 11) is 2.27. The minimum Gasteiger partial charge on any atom is -0.370 e. The van der Waals surface area contributed by atoms with E-state index in [0.29, 0.717) is 12.0 Å². The molecule has 0 spiro atoms. The molecule has 0 saturated heterocycles. The van der Waals surface area contributed by atoms with E-state index in [1.54, 1.807) is 5.56 Å². The van der Waals surface area contributed by atoms with E-state index in [-0.39, 0.29) is 0 Å². The summed E-state index contributed by atoms with van der Waals surface area (Å²) in [5.74, 6) is 0.697. The Labute approximate surface area is 169 Å². The molecule has 1 aliphatic heterocycles. The van der Waals surface area contributed by atoms with Crippen molar-refractivity contribution in [2.45, 2.75) is 71.4 Å². The van der Waals surface area contributed by atoms with E-state index < -0.39 is 0 Å². The van der Waals surface area contributed by atoms with E-state index in [2.05, 4.69) is 73.7 Å². The Morgan fingerprint density at radius 2 is 1.61 bits per heavy atom. The fourth-order valence-corrected chi connectivity index (χ4v) is 5.53. The summed E-state index contributed by atoms with van der Waals surface area (Å²) in [6.07, 6.45) is 6.83. The number of hydrogen-bond acceptors (Lipinski definition) is 1. The number of rotatable bonds is 1. The summed E-state index contributed by atoms with van der Waals surface area (Å²) < 4.78 is 2.65. The lowest BCUT2D eigenvalue weighted by Crippen LogP contribution is -2.31. The molecule has 2 heterocycles. The van der Waals surface area contributed by atoms with Crippen LogP contribution in [0.1, 0.15) is 61.6 Å². The zero-order valence-corrected chi connectivity index (χ0v) is 17.8. The molecule has 1 saturated carbocycles. The topological polar surface area (TPSA) is 8.17 Å². The Morgan fingerprint density at radius 1 is 0.893 bits per heavy atom. The molecule has 0 bridgehead atoms. The van der Waals surface area contributed by atoms with E-state index in [9.17, 15) is 0 Å². The van der Waals surface area contributed by atoms with Gasteiger partial charge in [-0.2, -0.15) is 0 Å². The number of hydrogen-bond donors (Lipinski definition) is 0. The average Bonchev–Trinajstić information content (AvgIpc) is 2.96. The predicted octanol–water partition coefficient (Wildman–Crippen LogP) is 6.81. The van der Waals surface area contributed by atoms with Crippen molar-refractivity contribution in [3.63, 3.8) is 0 Å². The standard InChI is InChI=1S/C26H32N2/c1-17-11-13-22-23(14-17)27(4)19(3)16-28-24-15-18(2)10-12-21(24)25(26(22)28)20-8-6-5-7-9-20/h10-15,19-20H,5-9,16H2,1-4H3. The van der Waals surface area contributed by atoms with E-state index in [1.165, 1.54) is 71.1 Å². The first-order chi connectivity index (χ1) is 13.5. The molecule has 0 N–H and O–H groups in total. The molecule has 1 atom stereocenters. The van der Waals surface area contributed by atoms with Crippen LogP contribution < -0.4 is 4.90 Å². The van der Waals surface area contributed by atoms with Gasteiger partial charge in [0, 0.05) is 41.8 Å². The first kappa shape index (κ1) is 17.8. The first-order valence-corrected chi connectivity index (χ1v) is 11.0. The molecule has 1 unspecified atom stereocenters. The van der Waals surface area contributed by atoms with Crippen molar-refractivity contribution >= 4 is 16.6 Å². The summed E-state index contributed by atoms with van der Waals surface area (Å²) >= 11 is 0. The normalized spacial score (nSPS) is 20.1. The van der Waals surface area contributed by atoms with Crippen molar-refractivity contribution in [1.29, 1.82) is 0 Å². The maximum Gasteiger partial charge on any atom is 0.0548 e. The van der Waals surface area contributed by atoms with Crippen LogP contribution in [-0.4, -0.2) is 17.7 Å². The Balaban J connectivity index is 1.87. The van der Waals surface area contributed by atoms with Crippen LogP contribution in [0.4, 0.5) is 5.69 Å². The van der Waals surface area contributed by atoms with Gasteiger partial charge < -0.3 is 9.47 Å². The molecule has 146 valence electrons. The van der Waals surface area contributed by atoms with Gasteiger partial charge in [-0.3, -0.25) is 0 Å². The molecule has 1 aliphatic carbocycles. The third-order valence-corrected chi connectivity index (χ3v) is 7.17. The lowest BCUT2D eigenvalue weighted by atomic mass is 9.81. The molecule has 0 radical (unpaired) electrons. The van der Waals surface area contributed by atoms with Crippen LogP contribution in [0.15, 0.2) is 36.4 Å². The highest BCUT2D eigenvalue weighted by Crippen LogP contribution is 2.47. The van der Waals surface area contributed by atoms with Crippen LogP contribution in [0.3, 0.4) is 0 Å². The Bertz CT molecular complexity index is 1040.